The van der Waals surface area contributed by atoms with E-state index in [1.54, 1.807) is 69.3 Å². The number of hydrogen-bond donors (Lipinski definition) is 2. The Hall–Kier alpha value is -3.76. The number of nitrogens with zero attached hydrogens (tertiary/aromatic N) is 1. The van der Waals surface area contributed by atoms with Crippen LogP contribution in [0.15, 0.2) is 75.1 Å². The Morgan fingerprint density at radius 1 is 1.03 bits per heavy atom. The summed E-state index contributed by atoms with van der Waals surface area (Å²) in [6, 6.07) is 15.5. The lowest BCUT2D eigenvalue weighted by Gasteiger charge is -2.20. The van der Waals surface area contributed by atoms with Gasteiger partial charge in [-0.2, -0.15) is 9.82 Å². The highest BCUT2D eigenvalue weighted by Crippen LogP contribution is 2.22. The number of ether oxygens (including phenoxy) is 1. The zero-order valence-corrected chi connectivity index (χ0v) is 21.3. The van der Waals surface area contributed by atoms with Crippen LogP contribution < -0.4 is 10.1 Å². The van der Waals surface area contributed by atoms with Crippen LogP contribution in [-0.2, 0) is 19.6 Å². The van der Waals surface area contributed by atoms with Gasteiger partial charge in [0, 0.05) is 5.56 Å². The second kappa shape index (κ2) is 11.8. The molecule has 1 heterocycles. The molecule has 0 saturated heterocycles. The summed E-state index contributed by atoms with van der Waals surface area (Å²) >= 11 is 0. The van der Waals surface area contributed by atoms with Crippen LogP contribution in [0.2, 0.25) is 0 Å². The van der Waals surface area contributed by atoms with Crippen LogP contribution in [0.1, 0.15) is 42.5 Å². The van der Waals surface area contributed by atoms with Gasteiger partial charge in [0.2, 0.25) is 10.0 Å². The number of amides is 1. The monoisotopic (exact) mass is 511 g/mol. The van der Waals surface area contributed by atoms with Gasteiger partial charge < -0.3 is 9.15 Å². The first-order chi connectivity index (χ1) is 17.1. The van der Waals surface area contributed by atoms with Crippen LogP contribution >= 0.6 is 0 Å². The van der Waals surface area contributed by atoms with Crippen molar-refractivity contribution in [1.29, 1.82) is 0 Å². The molecule has 2 N–H and O–H groups in total. The van der Waals surface area contributed by atoms with Gasteiger partial charge in [-0.3, -0.25) is 4.79 Å². The molecule has 0 spiro atoms. The number of esters is 1. The van der Waals surface area contributed by atoms with Crippen molar-refractivity contribution in [2.45, 2.75) is 38.6 Å². The maximum absolute atomic E-state index is 12.7. The number of benzene rings is 2. The van der Waals surface area contributed by atoms with E-state index in [2.05, 4.69) is 15.2 Å². The lowest BCUT2D eigenvalue weighted by molar-refractivity contribution is -0.123. The Labute approximate surface area is 210 Å². The number of hydrazone groups is 1. The minimum atomic E-state index is -3.89. The van der Waals surface area contributed by atoms with E-state index in [-0.39, 0.29) is 10.8 Å². The van der Waals surface area contributed by atoms with Gasteiger partial charge in [0.1, 0.15) is 17.6 Å². The minimum absolute atomic E-state index is 0.0773. The van der Waals surface area contributed by atoms with Gasteiger partial charge in [0.25, 0.3) is 5.91 Å². The molecular weight excluding hydrogens is 482 g/mol. The minimum Gasteiger partial charge on any atom is -0.462 e. The molecule has 3 rings (SSSR count). The van der Waals surface area contributed by atoms with E-state index in [9.17, 15) is 18.0 Å². The summed E-state index contributed by atoms with van der Waals surface area (Å²) in [6.07, 6.45) is 1.32. The first-order valence-corrected chi connectivity index (χ1v) is 12.9. The van der Waals surface area contributed by atoms with Crippen molar-refractivity contribution in [1.82, 2.24) is 10.1 Å². The van der Waals surface area contributed by atoms with Crippen molar-refractivity contribution in [3.05, 3.63) is 77.6 Å². The van der Waals surface area contributed by atoms with Crippen LogP contribution in [0, 0.1) is 12.8 Å². The molecule has 3 aromatic rings. The average molecular weight is 512 g/mol. The topological polar surface area (TPSA) is 127 Å². The van der Waals surface area contributed by atoms with Crippen molar-refractivity contribution in [2.24, 2.45) is 11.0 Å². The van der Waals surface area contributed by atoms with Crippen molar-refractivity contribution in [3.63, 3.8) is 0 Å². The fraction of sp³-hybridized carbons (Fsp3) is 0.269. The van der Waals surface area contributed by atoms with Gasteiger partial charge in [-0.15, -0.1) is 0 Å². The van der Waals surface area contributed by atoms with Crippen LogP contribution in [0.3, 0.4) is 0 Å². The van der Waals surface area contributed by atoms with Gasteiger partial charge in [-0.1, -0.05) is 43.7 Å². The standard InChI is InChI=1S/C26H29N3O6S/c1-5-34-26(31)20-10-8-19(9-11-20)23-15-12-21(35-23)16-27-28-25(30)24(17(2)3)29-36(32,33)22-13-6-18(4)7-14-22/h6-17,24,29H,5H2,1-4H3,(H,28,30)/b27-16-/t24-/m1/s1. The van der Waals surface area contributed by atoms with Gasteiger partial charge in [-0.25, -0.2) is 18.6 Å². The predicted molar refractivity (Wildman–Crippen MR) is 136 cm³/mol. The highest BCUT2D eigenvalue weighted by atomic mass is 32.2. The molecule has 10 heteroatoms. The number of sulfonamides is 1. The maximum Gasteiger partial charge on any atom is 0.338 e. The van der Waals surface area contributed by atoms with E-state index in [1.807, 2.05) is 6.92 Å². The lowest BCUT2D eigenvalue weighted by Crippen LogP contribution is -2.48. The molecule has 0 aliphatic rings. The summed E-state index contributed by atoms with van der Waals surface area (Å²) in [5.41, 5.74) is 4.48. The molecule has 1 aromatic heterocycles. The molecule has 1 atom stereocenters. The van der Waals surface area contributed by atoms with Gasteiger partial charge >= 0.3 is 5.97 Å². The number of carbonyl (C=O) groups excluding carboxylic acids is 2. The van der Waals surface area contributed by atoms with E-state index in [0.717, 1.165) is 11.1 Å². The van der Waals surface area contributed by atoms with Crippen molar-refractivity contribution < 1.29 is 27.2 Å². The molecule has 0 aliphatic heterocycles. The molecule has 0 fully saturated rings. The summed E-state index contributed by atoms with van der Waals surface area (Å²) in [6.45, 7) is 7.37. The molecule has 0 unspecified atom stereocenters. The number of aryl methyl sites for hydroxylation is 1. The third kappa shape index (κ3) is 6.89. The first-order valence-electron chi connectivity index (χ1n) is 11.4. The Morgan fingerprint density at radius 2 is 1.69 bits per heavy atom. The number of nitrogens with one attached hydrogen (secondary N) is 2. The number of furan rings is 1. The number of rotatable bonds is 10. The smallest absolute Gasteiger partial charge is 0.338 e. The molecule has 190 valence electrons. The van der Waals surface area contributed by atoms with E-state index < -0.39 is 27.9 Å². The molecule has 1 amide bonds. The van der Waals surface area contributed by atoms with Crippen LogP contribution in [0.25, 0.3) is 11.3 Å². The molecule has 0 radical (unpaired) electrons. The molecule has 2 aromatic carbocycles. The zero-order valence-electron chi connectivity index (χ0n) is 20.5. The second-order valence-electron chi connectivity index (χ2n) is 8.39. The van der Waals surface area contributed by atoms with E-state index >= 15 is 0 Å². The Kier molecular flexibility index (Phi) is 8.78. The highest BCUT2D eigenvalue weighted by Gasteiger charge is 2.28. The summed E-state index contributed by atoms with van der Waals surface area (Å²) in [7, 11) is -3.89. The summed E-state index contributed by atoms with van der Waals surface area (Å²) < 4.78 is 38.6. The van der Waals surface area contributed by atoms with Crippen LogP contribution in [0.5, 0.6) is 0 Å². The fourth-order valence-electron chi connectivity index (χ4n) is 3.24. The van der Waals surface area contributed by atoms with Crippen molar-refractivity contribution >= 4 is 28.1 Å². The molecule has 36 heavy (non-hydrogen) atoms. The SMILES string of the molecule is CCOC(=O)c1ccc(-c2ccc(/C=N\NC(=O)[C@H](NS(=O)(=O)c3ccc(C)cc3)C(C)C)o2)cc1. The quantitative estimate of drug-likeness (QED) is 0.242. The predicted octanol–water partition coefficient (Wildman–Crippen LogP) is 3.88. The van der Waals surface area contributed by atoms with Crippen LogP contribution in [0.4, 0.5) is 0 Å². The molecule has 0 bridgehead atoms. The Balaban J connectivity index is 1.63. The highest BCUT2D eigenvalue weighted by molar-refractivity contribution is 7.89. The van der Waals surface area contributed by atoms with Crippen molar-refractivity contribution in [2.75, 3.05) is 6.61 Å². The number of hydrogen-bond acceptors (Lipinski definition) is 7. The zero-order chi connectivity index (χ0) is 26.3. The molecule has 0 aliphatic carbocycles. The molecule has 0 saturated carbocycles. The van der Waals surface area contributed by atoms with Gasteiger partial charge in [-0.05, 0) is 56.2 Å². The normalized spacial score (nSPS) is 12.6. The van der Waals surface area contributed by atoms with Gasteiger partial charge in [0.15, 0.2) is 0 Å². The van der Waals surface area contributed by atoms with E-state index in [0.29, 0.717) is 23.7 Å². The fourth-order valence-corrected chi connectivity index (χ4v) is 4.58. The Morgan fingerprint density at radius 3 is 2.31 bits per heavy atom. The largest absolute Gasteiger partial charge is 0.462 e. The molecular formula is C26H29N3O6S. The third-order valence-corrected chi connectivity index (χ3v) is 6.69. The average Bonchev–Trinajstić information content (AvgIpc) is 3.32. The van der Waals surface area contributed by atoms with Gasteiger partial charge in [0.05, 0.1) is 23.3 Å². The van der Waals surface area contributed by atoms with Crippen molar-refractivity contribution in [3.8, 4) is 11.3 Å². The Bertz CT molecular complexity index is 1330. The van der Waals surface area contributed by atoms with Crippen LogP contribution in [-0.4, -0.2) is 39.2 Å². The van der Waals surface area contributed by atoms with E-state index in [1.165, 1.54) is 18.3 Å². The molecule has 9 nitrogen and oxygen atoms in total. The second-order valence-corrected chi connectivity index (χ2v) is 10.1. The maximum atomic E-state index is 12.7. The van der Waals surface area contributed by atoms with E-state index in [4.69, 9.17) is 9.15 Å². The summed E-state index contributed by atoms with van der Waals surface area (Å²) in [4.78, 5) is 24.5. The third-order valence-electron chi connectivity index (χ3n) is 5.24. The summed E-state index contributed by atoms with van der Waals surface area (Å²) in [5.74, 6) is -0.399. The lowest BCUT2D eigenvalue weighted by atomic mass is 10.1. The number of carbonyl (C=O) groups is 2. The first kappa shape index (κ1) is 26.8. The summed E-state index contributed by atoms with van der Waals surface area (Å²) in [5, 5.41) is 3.91.